The van der Waals surface area contributed by atoms with E-state index in [-0.39, 0.29) is 12.1 Å². The molecule has 0 unspecified atom stereocenters. The number of aryl methyl sites for hydroxylation is 1. The van der Waals surface area contributed by atoms with Crippen LogP contribution in [0.15, 0.2) is 23.8 Å². The Labute approximate surface area is 134 Å². The van der Waals surface area contributed by atoms with E-state index in [2.05, 4.69) is 28.8 Å². The number of nitrogens with one attached hydrogen (secondary N) is 1. The van der Waals surface area contributed by atoms with E-state index in [1.54, 1.807) is 4.68 Å². The van der Waals surface area contributed by atoms with Crippen LogP contribution in [0.4, 0.5) is 4.79 Å². The molecule has 1 atom stereocenters. The summed E-state index contributed by atoms with van der Waals surface area (Å²) >= 11 is 1.81. The number of rotatable bonds is 4. The molecule has 5 nitrogen and oxygen atoms in total. The quantitative estimate of drug-likeness (QED) is 0.942. The minimum atomic E-state index is 0.0487. The van der Waals surface area contributed by atoms with Gasteiger partial charge in [-0.05, 0) is 41.8 Å². The lowest BCUT2D eigenvalue weighted by Gasteiger charge is -2.35. The minimum Gasteiger partial charge on any atom is -0.338 e. The topological polar surface area (TPSA) is 50.2 Å². The number of urea groups is 1. The van der Waals surface area contributed by atoms with E-state index in [0.29, 0.717) is 6.54 Å². The van der Waals surface area contributed by atoms with Crippen molar-refractivity contribution in [3.05, 3.63) is 39.8 Å². The van der Waals surface area contributed by atoms with Gasteiger partial charge in [0.15, 0.2) is 0 Å². The number of amides is 2. The summed E-state index contributed by atoms with van der Waals surface area (Å²) in [5.41, 5.74) is 2.48. The zero-order valence-corrected chi connectivity index (χ0v) is 13.9. The van der Waals surface area contributed by atoms with Gasteiger partial charge in [-0.1, -0.05) is 6.92 Å². The SMILES string of the molecule is CC[C@@H]1c2ccsc2CCN1C(=O)NCCc1cnn(C)c1. The van der Waals surface area contributed by atoms with Gasteiger partial charge in [-0.2, -0.15) is 5.10 Å². The highest BCUT2D eigenvalue weighted by Crippen LogP contribution is 2.35. The molecular weight excluding hydrogens is 296 g/mol. The number of hydrogen-bond donors (Lipinski definition) is 1. The standard InChI is InChI=1S/C16H22N4OS/c1-3-14-13-6-9-22-15(13)5-8-20(14)16(21)17-7-4-12-10-18-19(2)11-12/h6,9-11,14H,3-5,7-8H2,1-2H3,(H,17,21)/t14-/m1/s1. The fourth-order valence-electron chi connectivity index (χ4n) is 3.10. The van der Waals surface area contributed by atoms with Crippen LogP contribution in [0.3, 0.4) is 0 Å². The van der Waals surface area contributed by atoms with Crippen molar-refractivity contribution in [1.29, 1.82) is 0 Å². The van der Waals surface area contributed by atoms with Crippen LogP contribution in [-0.4, -0.2) is 33.8 Å². The molecule has 3 heterocycles. The van der Waals surface area contributed by atoms with E-state index >= 15 is 0 Å². The van der Waals surface area contributed by atoms with Gasteiger partial charge in [-0.3, -0.25) is 4.68 Å². The van der Waals surface area contributed by atoms with Crippen LogP contribution in [0.5, 0.6) is 0 Å². The highest BCUT2D eigenvalue weighted by molar-refractivity contribution is 7.10. The van der Waals surface area contributed by atoms with Gasteiger partial charge in [0.1, 0.15) is 0 Å². The Morgan fingerprint density at radius 1 is 1.55 bits per heavy atom. The molecule has 1 aliphatic rings. The first-order valence-electron chi connectivity index (χ1n) is 7.77. The predicted molar refractivity (Wildman–Crippen MR) is 88.1 cm³/mol. The monoisotopic (exact) mass is 318 g/mol. The second-order valence-corrected chi connectivity index (χ2v) is 6.67. The molecule has 0 saturated carbocycles. The van der Waals surface area contributed by atoms with Gasteiger partial charge in [-0.25, -0.2) is 4.79 Å². The largest absolute Gasteiger partial charge is 0.338 e. The smallest absolute Gasteiger partial charge is 0.317 e. The minimum absolute atomic E-state index is 0.0487. The summed E-state index contributed by atoms with van der Waals surface area (Å²) < 4.78 is 1.78. The third-order valence-electron chi connectivity index (χ3n) is 4.19. The highest BCUT2D eigenvalue weighted by atomic mass is 32.1. The third kappa shape index (κ3) is 3.02. The number of hydrogen-bond acceptors (Lipinski definition) is 3. The normalized spacial score (nSPS) is 17.4. The highest BCUT2D eigenvalue weighted by Gasteiger charge is 2.29. The molecule has 0 radical (unpaired) electrons. The molecule has 118 valence electrons. The van der Waals surface area contributed by atoms with Gasteiger partial charge in [-0.15, -0.1) is 11.3 Å². The van der Waals surface area contributed by atoms with Crippen LogP contribution in [0.1, 0.15) is 35.4 Å². The van der Waals surface area contributed by atoms with Crippen molar-refractivity contribution in [1.82, 2.24) is 20.0 Å². The number of carbonyl (C=O) groups is 1. The molecule has 2 aromatic rings. The summed E-state index contributed by atoms with van der Waals surface area (Å²) in [6, 6.07) is 2.43. The first-order chi connectivity index (χ1) is 10.7. The molecule has 0 aliphatic carbocycles. The van der Waals surface area contributed by atoms with Crippen LogP contribution in [0.25, 0.3) is 0 Å². The lowest BCUT2D eigenvalue weighted by molar-refractivity contribution is 0.168. The van der Waals surface area contributed by atoms with Crippen molar-refractivity contribution in [2.75, 3.05) is 13.1 Å². The molecule has 2 aromatic heterocycles. The van der Waals surface area contributed by atoms with Gasteiger partial charge in [0.2, 0.25) is 0 Å². The predicted octanol–water partition coefficient (Wildman–Crippen LogP) is 2.74. The van der Waals surface area contributed by atoms with Crippen LogP contribution < -0.4 is 5.32 Å². The molecular formula is C16H22N4OS. The molecule has 1 N–H and O–H groups in total. The zero-order chi connectivity index (χ0) is 15.5. The van der Waals surface area contributed by atoms with Crippen LogP contribution in [0, 0.1) is 0 Å². The molecule has 0 aromatic carbocycles. The molecule has 22 heavy (non-hydrogen) atoms. The summed E-state index contributed by atoms with van der Waals surface area (Å²) in [5.74, 6) is 0. The van der Waals surface area contributed by atoms with Crippen molar-refractivity contribution in [2.45, 2.75) is 32.2 Å². The number of aromatic nitrogens is 2. The molecule has 0 bridgehead atoms. The molecule has 6 heteroatoms. The van der Waals surface area contributed by atoms with Crippen LogP contribution in [0.2, 0.25) is 0 Å². The Hall–Kier alpha value is -1.82. The first-order valence-corrected chi connectivity index (χ1v) is 8.65. The van der Waals surface area contributed by atoms with E-state index < -0.39 is 0 Å². The summed E-state index contributed by atoms with van der Waals surface area (Å²) in [5, 5.41) is 9.33. The Bertz CT molecular complexity index is 648. The number of fused-ring (bicyclic) bond motifs is 1. The Kier molecular flexibility index (Phi) is 4.47. The van der Waals surface area contributed by atoms with Crippen molar-refractivity contribution >= 4 is 17.4 Å². The maximum absolute atomic E-state index is 12.5. The van der Waals surface area contributed by atoms with Crippen molar-refractivity contribution in [2.24, 2.45) is 7.05 Å². The summed E-state index contributed by atoms with van der Waals surface area (Å²) in [6.07, 6.45) is 6.58. The molecule has 1 aliphatic heterocycles. The maximum Gasteiger partial charge on any atom is 0.317 e. The van der Waals surface area contributed by atoms with E-state index in [9.17, 15) is 4.79 Å². The lowest BCUT2D eigenvalue weighted by atomic mass is 9.98. The van der Waals surface area contributed by atoms with Gasteiger partial charge in [0, 0.05) is 31.2 Å². The average Bonchev–Trinajstić information content (AvgIpc) is 3.14. The van der Waals surface area contributed by atoms with Gasteiger partial charge in [0.05, 0.1) is 12.2 Å². The summed E-state index contributed by atoms with van der Waals surface area (Å²) in [7, 11) is 1.90. The summed E-state index contributed by atoms with van der Waals surface area (Å²) in [4.78, 5) is 15.9. The molecule has 3 rings (SSSR count). The molecule has 2 amide bonds. The maximum atomic E-state index is 12.5. The molecule has 0 fully saturated rings. The second kappa shape index (κ2) is 6.52. The van der Waals surface area contributed by atoms with Gasteiger partial charge < -0.3 is 10.2 Å². The van der Waals surface area contributed by atoms with Crippen molar-refractivity contribution < 1.29 is 4.79 Å². The van der Waals surface area contributed by atoms with Crippen molar-refractivity contribution in [3.8, 4) is 0 Å². The number of thiophene rings is 1. The Morgan fingerprint density at radius 3 is 3.14 bits per heavy atom. The fraction of sp³-hybridized carbons (Fsp3) is 0.500. The van der Waals surface area contributed by atoms with Crippen LogP contribution >= 0.6 is 11.3 Å². The van der Waals surface area contributed by atoms with E-state index in [0.717, 1.165) is 31.4 Å². The lowest BCUT2D eigenvalue weighted by Crippen LogP contribution is -2.45. The third-order valence-corrected chi connectivity index (χ3v) is 5.19. The van der Waals surface area contributed by atoms with Gasteiger partial charge >= 0.3 is 6.03 Å². The van der Waals surface area contributed by atoms with E-state index in [1.807, 2.05) is 35.7 Å². The molecule has 0 saturated heterocycles. The molecule has 0 spiro atoms. The van der Waals surface area contributed by atoms with Gasteiger partial charge in [0.25, 0.3) is 0 Å². The number of carbonyl (C=O) groups excluding carboxylic acids is 1. The Balaban J connectivity index is 1.58. The van der Waals surface area contributed by atoms with Crippen molar-refractivity contribution in [3.63, 3.8) is 0 Å². The average molecular weight is 318 g/mol. The van der Waals surface area contributed by atoms with E-state index in [1.165, 1.54) is 10.4 Å². The fourth-order valence-corrected chi connectivity index (χ4v) is 4.02. The zero-order valence-electron chi connectivity index (χ0n) is 13.1. The summed E-state index contributed by atoms with van der Waals surface area (Å²) in [6.45, 7) is 3.60. The van der Waals surface area contributed by atoms with Crippen LogP contribution in [-0.2, 0) is 19.9 Å². The van der Waals surface area contributed by atoms with E-state index in [4.69, 9.17) is 0 Å². The second-order valence-electron chi connectivity index (χ2n) is 5.67. The first kappa shape index (κ1) is 15.1. The Morgan fingerprint density at radius 2 is 2.41 bits per heavy atom. The number of nitrogens with zero attached hydrogens (tertiary/aromatic N) is 3.